The molecule has 2 heterocycles. The van der Waals surface area contributed by atoms with Gasteiger partial charge in [-0.2, -0.15) is 0 Å². The zero-order valence-corrected chi connectivity index (χ0v) is 14.8. The molecule has 2 aromatic carbocycles. The number of aryl methyl sites for hydroxylation is 1. The van der Waals surface area contributed by atoms with Gasteiger partial charge in [-0.1, -0.05) is 23.7 Å². The van der Waals surface area contributed by atoms with Gasteiger partial charge in [-0.3, -0.25) is 4.79 Å². The summed E-state index contributed by atoms with van der Waals surface area (Å²) >= 11 is 7.70. The Morgan fingerprint density at radius 2 is 2.08 bits per heavy atom. The normalized spacial score (nSPS) is 11.0. The Hall–Kier alpha value is -2.63. The first-order valence-corrected chi connectivity index (χ1v) is 8.88. The SMILES string of the molecule is Cc1ccc2nc(-c3cc(NC(=O)c4cccs4)ccc3Cl)oc2c1. The van der Waals surface area contributed by atoms with E-state index in [0.29, 0.717) is 32.6 Å². The fourth-order valence-electron chi connectivity index (χ4n) is 2.51. The number of thiophene rings is 1. The van der Waals surface area contributed by atoms with E-state index >= 15 is 0 Å². The second-order valence-corrected chi connectivity index (χ2v) is 6.97. The van der Waals surface area contributed by atoms with E-state index in [1.807, 2.05) is 36.6 Å². The fraction of sp³-hybridized carbons (Fsp3) is 0.0526. The third-order valence-corrected chi connectivity index (χ3v) is 4.94. The number of hydrogen-bond donors (Lipinski definition) is 1. The Bertz CT molecular complexity index is 1070. The van der Waals surface area contributed by atoms with Crippen LogP contribution in [0.3, 0.4) is 0 Å². The summed E-state index contributed by atoms with van der Waals surface area (Å²) in [4.78, 5) is 17.4. The molecular weight excluding hydrogens is 356 g/mol. The van der Waals surface area contributed by atoms with Crippen molar-refractivity contribution in [3.63, 3.8) is 0 Å². The predicted octanol–water partition coefficient (Wildman–Crippen LogP) is 5.77. The molecule has 1 amide bonds. The molecule has 4 nitrogen and oxygen atoms in total. The molecule has 124 valence electrons. The number of anilines is 1. The molecule has 0 fully saturated rings. The average Bonchev–Trinajstić information content (AvgIpc) is 3.25. The summed E-state index contributed by atoms with van der Waals surface area (Å²) in [5.74, 6) is 0.272. The summed E-state index contributed by atoms with van der Waals surface area (Å²) in [5, 5.41) is 5.24. The zero-order chi connectivity index (χ0) is 17.4. The first-order chi connectivity index (χ1) is 12.1. The van der Waals surface area contributed by atoms with Crippen LogP contribution in [0.15, 0.2) is 58.3 Å². The third-order valence-electron chi connectivity index (χ3n) is 3.74. The monoisotopic (exact) mass is 368 g/mol. The quantitative estimate of drug-likeness (QED) is 0.499. The number of fused-ring (bicyclic) bond motifs is 1. The van der Waals surface area contributed by atoms with Crippen LogP contribution in [-0.4, -0.2) is 10.9 Å². The lowest BCUT2D eigenvalue weighted by molar-refractivity contribution is 0.103. The third kappa shape index (κ3) is 3.16. The summed E-state index contributed by atoms with van der Waals surface area (Å²) in [7, 11) is 0. The molecule has 0 aliphatic rings. The number of nitrogens with zero attached hydrogens (tertiary/aromatic N) is 1. The molecule has 4 aromatic rings. The van der Waals surface area contributed by atoms with Gasteiger partial charge in [0.1, 0.15) is 5.52 Å². The maximum atomic E-state index is 12.2. The number of benzene rings is 2. The molecule has 0 saturated heterocycles. The zero-order valence-electron chi connectivity index (χ0n) is 13.2. The minimum absolute atomic E-state index is 0.156. The first kappa shape index (κ1) is 15.9. The van der Waals surface area contributed by atoms with Crippen LogP contribution in [0.25, 0.3) is 22.6 Å². The standard InChI is InChI=1S/C19H13ClN2O2S/c1-11-4-7-15-16(9-11)24-19(22-15)13-10-12(5-6-14(13)20)21-18(23)17-3-2-8-25-17/h2-10H,1H3,(H,21,23). The van der Waals surface area contributed by atoms with Crippen LogP contribution in [0.4, 0.5) is 5.69 Å². The Kier molecular flexibility index (Phi) is 4.03. The Morgan fingerprint density at radius 1 is 1.20 bits per heavy atom. The van der Waals surface area contributed by atoms with Crippen LogP contribution in [0.2, 0.25) is 5.02 Å². The van der Waals surface area contributed by atoms with Crippen LogP contribution in [-0.2, 0) is 0 Å². The topological polar surface area (TPSA) is 55.1 Å². The number of amides is 1. The van der Waals surface area contributed by atoms with Crippen molar-refractivity contribution in [3.8, 4) is 11.5 Å². The highest BCUT2D eigenvalue weighted by atomic mass is 35.5. The van der Waals surface area contributed by atoms with Gasteiger partial charge in [0, 0.05) is 5.69 Å². The van der Waals surface area contributed by atoms with Gasteiger partial charge in [-0.15, -0.1) is 11.3 Å². The van der Waals surface area contributed by atoms with Crippen LogP contribution in [0, 0.1) is 6.92 Å². The van der Waals surface area contributed by atoms with Crippen molar-refractivity contribution in [1.82, 2.24) is 4.98 Å². The molecule has 0 bridgehead atoms. The number of rotatable bonds is 3. The minimum Gasteiger partial charge on any atom is -0.436 e. The molecule has 0 aliphatic heterocycles. The van der Waals surface area contributed by atoms with Crippen LogP contribution in [0.5, 0.6) is 0 Å². The Labute approximate surface area is 153 Å². The second-order valence-electron chi connectivity index (χ2n) is 5.62. The van der Waals surface area contributed by atoms with Crippen molar-refractivity contribution < 1.29 is 9.21 Å². The number of oxazole rings is 1. The lowest BCUT2D eigenvalue weighted by Crippen LogP contribution is -2.10. The van der Waals surface area contributed by atoms with Gasteiger partial charge >= 0.3 is 0 Å². The number of carbonyl (C=O) groups excluding carboxylic acids is 1. The number of hydrogen-bond acceptors (Lipinski definition) is 4. The van der Waals surface area contributed by atoms with Crippen molar-refractivity contribution >= 4 is 45.6 Å². The molecule has 0 unspecified atom stereocenters. The first-order valence-electron chi connectivity index (χ1n) is 7.62. The molecule has 2 aromatic heterocycles. The van der Waals surface area contributed by atoms with E-state index in [-0.39, 0.29) is 5.91 Å². The Balaban J connectivity index is 1.70. The predicted molar refractivity (Wildman–Crippen MR) is 101 cm³/mol. The Morgan fingerprint density at radius 3 is 2.88 bits per heavy atom. The van der Waals surface area contributed by atoms with Crippen molar-refractivity contribution in [2.45, 2.75) is 6.92 Å². The smallest absolute Gasteiger partial charge is 0.265 e. The van der Waals surface area contributed by atoms with Crippen LogP contribution in [0.1, 0.15) is 15.2 Å². The summed E-state index contributed by atoms with van der Waals surface area (Å²) in [5.41, 5.74) is 3.85. The van der Waals surface area contributed by atoms with Gasteiger partial charge < -0.3 is 9.73 Å². The largest absolute Gasteiger partial charge is 0.436 e. The number of aromatic nitrogens is 1. The van der Waals surface area contributed by atoms with E-state index in [4.69, 9.17) is 16.0 Å². The second kappa shape index (κ2) is 6.35. The average molecular weight is 369 g/mol. The van der Waals surface area contributed by atoms with Crippen molar-refractivity contribution in [1.29, 1.82) is 0 Å². The van der Waals surface area contributed by atoms with E-state index in [1.54, 1.807) is 24.3 Å². The van der Waals surface area contributed by atoms with E-state index in [2.05, 4.69) is 10.3 Å². The summed E-state index contributed by atoms with van der Waals surface area (Å²) in [6.07, 6.45) is 0. The molecule has 0 spiro atoms. The molecule has 0 radical (unpaired) electrons. The van der Waals surface area contributed by atoms with E-state index in [9.17, 15) is 4.79 Å². The molecule has 1 N–H and O–H groups in total. The maximum Gasteiger partial charge on any atom is 0.265 e. The number of carbonyl (C=O) groups is 1. The van der Waals surface area contributed by atoms with Crippen LogP contribution < -0.4 is 5.32 Å². The van der Waals surface area contributed by atoms with Gasteiger partial charge in [-0.25, -0.2) is 4.98 Å². The molecule has 6 heteroatoms. The fourth-order valence-corrected chi connectivity index (χ4v) is 3.33. The summed E-state index contributed by atoms with van der Waals surface area (Å²) < 4.78 is 5.84. The molecule has 25 heavy (non-hydrogen) atoms. The van der Waals surface area contributed by atoms with Gasteiger partial charge in [0.05, 0.1) is 15.5 Å². The molecular formula is C19H13ClN2O2S. The van der Waals surface area contributed by atoms with Gasteiger partial charge in [0.15, 0.2) is 5.58 Å². The molecule has 0 saturated carbocycles. The highest BCUT2D eigenvalue weighted by Gasteiger charge is 2.14. The highest BCUT2D eigenvalue weighted by Crippen LogP contribution is 2.32. The van der Waals surface area contributed by atoms with Crippen molar-refractivity contribution in [2.75, 3.05) is 5.32 Å². The van der Waals surface area contributed by atoms with Gasteiger partial charge in [0.25, 0.3) is 5.91 Å². The van der Waals surface area contributed by atoms with E-state index < -0.39 is 0 Å². The number of halogens is 1. The molecule has 0 atom stereocenters. The van der Waals surface area contributed by atoms with E-state index in [1.165, 1.54) is 11.3 Å². The van der Waals surface area contributed by atoms with Gasteiger partial charge in [-0.05, 0) is 54.3 Å². The summed E-state index contributed by atoms with van der Waals surface area (Å²) in [6.45, 7) is 2.00. The van der Waals surface area contributed by atoms with Crippen molar-refractivity contribution in [2.24, 2.45) is 0 Å². The van der Waals surface area contributed by atoms with E-state index in [0.717, 1.165) is 11.1 Å². The molecule has 0 aliphatic carbocycles. The summed E-state index contributed by atoms with van der Waals surface area (Å²) in [6, 6.07) is 14.7. The minimum atomic E-state index is -0.156. The lowest BCUT2D eigenvalue weighted by atomic mass is 10.2. The van der Waals surface area contributed by atoms with Crippen LogP contribution >= 0.6 is 22.9 Å². The maximum absolute atomic E-state index is 12.2. The number of nitrogens with one attached hydrogen (secondary N) is 1. The van der Waals surface area contributed by atoms with Gasteiger partial charge in [0.2, 0.25) is 5.89 Å². The highest BCUT2D eigenvalue weighted by molar-refractivity contribution is 7.12. The lowest BCUT2D eigenvalue weighted by Gasteiger charge is -2.06. The van der Waals surface area contributed by atoms with Crippen molar-refractivity contribution in [3.05, 3.63) is 69.4 Å². The molecule has 4 rings (SSSR count).